The third kappa shape index (κ3) is 3.28. The molecule has 0 saturated heterocycles. The van der Waals surface area contributed by atoms with E-state index in [0.717, 1.165) is 17.8 Å². The molecule has 1 aromatic rings. The molecule has 0 bridgehead atoms. The Kier molecular flexibility index (Phi) is 4.33. The number of nitrogens with one attached hydrogen (secondary N) is 2. The van der Waals surface area contributed by atoms with E-state index < -0.39 is 0 Å². The lowest BCUT2D eigenvalue weighted by molar-refractivity contribution is -0.119. The first kappa shape index (κ1) is 12.0. The first-order valence-electron chi connectivity index (χ1n) is 5.07. The van der Waals surface area contributed by atoms with E-state index >= 15 is 0 Å². The second-order valence-corrected chi connectivity index (χ2v) is 3.31. The second kappa shape index (κ2) is 5.75. The molecule has 1 amide bonds. The maximum atomic E-state index is 11.2. The third-order valence-corrected chi connectivity index (χ3v) is 2.04. The predicted octanol–water partition coefficient (Wildman–Crippen LogP) is 0.0342. The number of rotatable bonds is 5. The van der Waals surface area contributed by atoms with Crippen LogP contribution in [0.15, 0.2) is 6.20 Å². The SMILES string of the molecule is CCc1nn(C)cc1NCC(=O)NCC#N. The van der Waals surface area contributed by atoms with E-state index in [2.05, 4.69) is 15.7 Å². The summed E-state index contributed by atoms with van der Waals surface area (Å²) in [6.45, 7) is 2.19. The number of hydrogen-bond donors (Lipinski definition) is 2. The van der Waals surface area contributed by atoms with Gasteiger partial charge in [0.2, 0.25) is 5.91 Å². The number of nitrogens with zero attached hydrogens (tertiary/aromatic N) is 3. The van der Waals surface area contributed by atoms with Gasteiger partial charge in [0.1, 0.15) is 6.54 Å². The van der Waals surface area contributed by atoms with Crippen molar-refractivity contribution in [3.8, 4) is 6.07 Å². The number of amides is 1. The second-order valence-electron chi connectivity index (χ2n) is 3.31. The molecular weight excluding hydrogens is 206 g/mol. The van der Waals surface area contributed by atoms with Gasteiger partial charge in [-0.1, -0.05) is 6.92 Å². The molecule has 2 N–H and O–H groups in total. The molecule has 0 fully saturated rings. The van der Waals surface area contributed by atoms with E-state index in [4.69, 9.17) is 5.26 Å². The van der Waals surface area contributed by atoms with Crippen molar-refractivity contribution in [2.45, 2.75) is 13.3 Å². The van der Waals surface area contributed by atoms with Gasteiger partial charge < -0.3 is 10.6 Å². The summed E-state index contributed by atoms with van der Waals surface area (Å²) in [5.41, 5.74) is 1.78. The Balaban J connectivity index is 2.48. The van der Waals surface area contributed by atoms with Gasteiger partial charge in [-0.25, -0.2) is 0 Å². The van der Waals surface area contributed by atoms with Crippen LogP contribution in [0.5, 0.6) is 0 Å². The van der Waals surface area contributed by atoms with Crippen molar-refractivity contribution in [3.05, 3.63) is 11.9 Å². The van der Waals surface area contributed by atoms with Crippen molar-refractivity contribution in [3.63, 3.8) is 0 Å². The average molecular weight is 221 g/mol. The lowest BCUT2D eigenvalue weighted by Crippen LogP contribution is -2.30. The molecule has 0 saturated carbocycles. The van der Waals surface area contributed by atoms with Gasteiger partial charge >= 0.3 is 0 Å². The summed E-state index contributed by atoms with van der Waals surface area (Å²) in [6.07, 6.45) is 2.64. The van der Waals surface area contributed by atoms with Crippen LogP contribution >= 0.6 is 0 Å². The molecular formula is C10H15N5O. The number of aryl methyl sites for hydroxylation is 2. The Morgan fingerprint density at radius 1 is 1.69 bits per heavy atom. The number of hydrogen-bond acceptors (Lipinski definition) is 4. The minimum atomic E-state index is -0.201. The minimum Gasteiger partial charge on any atom is -0.373 e. The number of carbonyl (C=O) groups is 1. The molecule has 6 nitrogen and oxygen atoms in total. The van der Waals surface area contributed by atoms with Gasteiger partial charge in [0.05, 0.1) is 24.0 Å². The monoisotopic (exact) mass is 221 g/mol. The summed E-state index contributed by atoms with van der Waals surface area (Å²) in [7, 11) is 1.83. The zero-order chi connectivity index (χ0) is 12.0. The highest BCUT2D eigenvalue weighted by Crippen LogP contribution is 2.12. The van der Waals surface area contributed by atoms with E-state index in [-0.39, 0.29) is 19.0 Å². The van der Waals surface area contributed by atoms with Crippen LogP contribution in [0.2, 0.25) is 0 Å². The number of anilines is 1. The molecule has 0 aliphatic rings. The molecule has 0 aliphatic carbocycles. The molecule has 1 rings (SSSR count). The Morgan fingerprint density at radius 3 is 3.06 bits per heavy atom. The van der Waals surface area contributed by atoms with Crippen molar-refractivity contribution in [1.82, 2.24) is 15.1 Å². The lowest BCUT2D eigenvalue weighted by atomic mass is 10.3. The van der Waals surface area contributed by atoms with Gasteiger partial charge in [0.15, 0.2) is 0 Å². The van der Waals surface area contributed by atoms with Crippen LogP contribution in [0.3, 0.4) is 0 Å². The summed E-state index contributed by atoms with van der Waals surface area (Å²) in [4.78, 5) is 11.2. The van der Waals surface area contributed by atoms with Crippen LogP contribution in [-0.2, 0) is 18.3 Å². The highest BCUT2D eigenvalue weighted by molar-refractivity contribution is 5.80. The minimum absolute atomic E-state index is 0.0359. The zero-order valence-corrected chi connectivity index (χ0v) is 9.45. The summed E-state index contributed by atoms with van der Waals surface area (Å²) >= 11 is 0. The quantitative estimate of drug-likeness (QED) is 0.687. The van der Waals surface area contributed by atoms with Gasteiger partial charge in [-0.2, -0.15) is 10.4 Å². The fourth-order valence-corrected chi connectivity index (χ4v) is 1.32. The highest BCUT2D eigenvalue weighted by Gasteiger charge is 2.06. The Hall–Kier alpha value is -2.03. The smallest absolute Gasteiger partial charge is 0.240 e. The number of carbonyl (C=O) groups excluding carboxylic acids is 1. The summed E-state index contributed by atoms with van der Waals surface area (Å²) < 4.78 is 1.70. The van der Waals surface area contributed by atoms with E-state index in [0.29, 0.717) is 0 Å². The standard InChI is InChI=1S/C10H15N5O/c1-3-8-9(7-15(2)14-8)13-6-10(16)12-5-4-11/h7,13H,3,5-6H2,1-2H3,(H,12,16). The van der Waals surface area contributed by atoms with Crippen LogP contribution in [0.1, 0.15) is 12.6 Å². The fourth-order valence-electron chi connectivity index (χ4n) is 1.32. The molecule has 16 heavy (non-hydrogen) atoms. The molecule has 6 heteroatoms. The Morgan fingerprint density at radius 2 is 2.44 bits per heavy atom. The third-order valence-electron chi connectivity index (χ3n) is 2.04. The van der Waals surface area contributed by atoms with Crippen LogP contribution in [-0.4, -0.2) is 28.8 Å². The molecule has 0 aromatic carbocycles. The van der Waals surface area contributed by atoms with E-state index in [1.54, 1.807) is 4.68 Å². The largest absolute Gasteiger partial charge is 0.373 e. The van der Waals surface area contributed by atoms with Crippen molar-refractivity contribution >= 4 is 11.6 Å². The van der Waals surface area contributed by atoms with Crippen molar-refractivity contribution < 1.29 is 4.79 Å². The molecule has 0 radical (unpaired) electrons. The van der Waals surface area contributed by atoms with Crippen molar-refractivity contribution in [1.29, 1.82) is 5.26 Å². The van der Waals surface area contributed by atoms with Gasteiger partial charge in [-0.15, -0.1) is 0 Å². The van der Waals surface area contributed by atoms with Crippen LogP contribution < -0.4 is 10.6 Å². The Labute approximate surface area is 94.2 Å². The first-order valence-corrected chi connectivity index (χ1v) is 5.07. The average Bonchev–Trinajstić information content (AvgIpc) is 2.64. The topological polar surface area (TPSA) is 82.7 Å². The summed E-state index contributed by atoms with van der Waals surface area (Å²) in [6, 6.07) is 1.85. The summed E-state index contributed by atoms with van der Waals surface area (Å²) in [5, 5.41) is 18.0. The fraction of sp³-hybridized carbons (Fsp3) is 0.500. The van der Waals surface area contributed by atoms with Gasteiger partial charge in [0, 0.05) is 13.2 Å². The van der Waals surface area contributed by atoms with Gasteiger partial charge in [-0.05, 0) is 6.42 Å². The van der Waals surface area contributed by atoms with Crippen LogP contribution in [0, 0.1) is 11.3 Å². The summed E-state index contributed by atoms with van der Waals surface area (Å²) in [5.74, 6) is -0.201. The Bertz CT molecular complexity index is 404. The van der Waals surface area contributed by atoms with E-state index in [1.807, 2.05) is 26.2 Å². The normalized spacial score (nSPS) is 9.56. The first-order chi connectivity index (χ1) is 7.67. The van der Waals surface area contributed by atoms with E-state index in [9.17, 15) is 4.79 Å². The molecule has 0 atom stereocenters. The maximum Gasteiger partial charge on any atom is 0.240 e. The molecule has 0 aliphatic heterocycles. The lowest BCUT2D eigenvalue weighted by Gasteiger charge is -2.04. The van der Waals surface area contributed by atoms with Crippen LogP contribution in [0.25, 0.3) is 0 Å². The highest BCUT2D eigenvalue weighted by atomic mass is 16.1. The molecule has 86 valence electrons. The van der Waals surface area contributed by atoms with Crippen molar-refractivity contribution in [2.24, 2.45) is 7.05 Å². The van der Waals surface area contributed by atoms with Crippen LogP contribution in [0.4, 0.5) is 5.69 Å². The molecule has 1 heterocycles. The number of aromatic nitrogens is 2. The van der Waals surface area contributed by atoms with Crippen molar-refractivity contribution in [2.75, 3.05) is 18.4 Å². The molecule has 1 aromatic heterocycles. The molecule has 0 spiro atoms. The predicted molar refractivity (Wildman–Crippen MR) is 59.7 cm³/mol. The van der Waals surface area contributed by atoms with Gasteiger partial charge in [-0.3, -0.25) is 9.48 Å². The van der Waals surface area contributed by atoms with Gasteiger partial charge in [0.25, 0.3) is 0 Å². The number of nitriles is 1. The molecule has 0 unspecified atom stereocenters. The zero-order valence-electron chi connectivity index (χ0n) is 9.45. The maximum absolute atomic E-state index is 11.2. The van der Waals surface area contributed by atoms with E-state index in [1.165, 1.54) is 0 Å².